The van der Waals surface area contributed by atoms with E-state index in [2.05, 4.69) is 26.2 Å². The molecule has 6 nitrogen and oxygen atoms in total. The molecule has 0 aliphatic rings. The highest BCUT2D eigenvalue weighted by atomic mass is 79.9. The zero-order valence-electron chi connectivity index (χ0n) is 15.7. The lowest BCUT2D eigenvalue weighted by Crippen LogP contribution is -2.28. The molecule has 1 aromatic heterocycles. The first-order chi connectivity index (χ1) is 14.5. The molecule has 1 heterocycles. The van der Waals surface area contributed by atoms with Gasteiger partial charge in [0.1, 0.15) is 5.82 Å². The summed E-state index contributed by atoms with van der Waals surface area (Å²) in [6, 6.07) is 25.1. The van der Waals surface area contributed by atoms with Gasteiger partial charge < -0.3 is 11.1 Å². The number of hydrogen-bond donors (Lipinski definition) is 2. The second kappa shape index (κ2) is 8.34. The van der Waals surface area contributed by atoms with E-state index < -0.39 is 11.5 Å². The minimum atomic E-state index is -0.462. The van der Waals surface area contributed by atoms with Crippen LogP contribution in [0.1, 0.15) is 10.4 Å². The van der Waals surface area contributed by atoms with E-state index in [0.29, 0.717) is 22.6 Å². The molecule has 0 radical (unpaired) electrons. The summed E-state index contributed by atoms with van der Waals surface area (Å²) in [6.07, 6.45) is 0. The summed E-state index contributed by atoms with van der Waals surface area (Å²) in [5.41, 5.74) is 7.34. The standard InChI is InChI=1S/C23H17BrN4O2/c24-17-13-11-15(12-14-17)21-27-20(25)19(26-22(29)16-7-3-1-4-8-16)23(30)28(21)18-9-5-2-6-10-18/h1-14H,25H2,(H,26,29). The molecule has 0 aliphatic heterocycles. The van der Waals surface area contributed by atoms with E-state index in [1.807, 2.05) is 48.5 Å². The second-order valence-corrected chi connectivity index (χ2v) is 7.41. The van der Waals surface area contributed by atoms with Gasteiger partial charge in [0.05, 0.1) is 5.69 Å². The molecule has 0 spiro atoms. The lowest BCUT2D eigenvalue weighted by molar-refractivity contribution is 0.102. The van der Waals surface area contributed by atoms with Crippen molar-refractivity contribution in [1.29, 1.82) is 0 Å². The molecule has 30 heavy (non-hydrogen) atoms. The lowest BCUT2D eigenvalue weighted by Gasteiger charge is -2.16. The molecule has 1 amide bonds. The van der Waals surface area contributed by atoms with Crippen molar-refractivity contribution in [3.63, 3.8) is 0 Å². The lowest BCUT2D eigenvalue weighted by atomic mass is 10.2. The van der Waals surface area contributed by atoms with Gasteiger partial charge in [-0.2, -0.15) is 0 Å². The second-order valence-electron chi connectivity index (χ2n) is 6.50. The number of rotatable bonds is 4. The van der Waals surface area contributed by atoms with Gasteiger partial charge in [0.25, 0.3) is 11.5 Å². The molecule has 0 bridgehead atoms. The van der Waals surface area contributed by atoms with E-state index >= 15 is 0 Å². The third kappa shape index (κ3) is 3.88. The molecule has 0 unspecified atom stereocenters. The van der Waals surface area contributed by atoms with Crippen LogP contribution < -0.4 is 16.6 Å². The smallest absolute Gasteiger partial charge is 0.284 e. The first kappa shape index (κ1) is 19.6. The molecule has 0 saturated heterocycles. The summed E-state index contributed by atoms with van der Waals surface area (Å²) < 4.78 is 2.35. The van der Waals surface area contributed by atoms with Crippen LogP contribution in [-0.4, -0.2) is 15.5 Å². The SMILES string of the molecule is Nc1nc(-c2ccc(Br)cc2)n(-c2ccccc2)c(=O)c1NC(=O)c1ccccc1. The Labute approximate surface area is 181 Å². The van der Waals surface area contributed by atoms with Crippen LogP contribution in [-0.2, 0) is 0 Å². The Hall–Kier alpha value is -3.71. The number of halogens is 1. The van der Waals surface area contributed by atoms with Crippen molar-refractivity contribution in [1.82, 2.24) is 9.55 Å². The van der Waals surface area contributed by atoms with Gasteiger partial charge in [-0.25, -0.2) is 4.98 Å². The van der Waals surface area contributed by atoms with Crippen LogP contribution in [0.4, 0.5) is 11.5 Å². The van der Waals surface area contributed by atoms with Crippen LogP contribution in [0.25, 0.3) is 17.1 Å². The third-order valence-corrected chi connectivity index (χ3v) is 5.03. The van der Waals surface area contributed by atoms with Crippen LogP contribution >= 0.6 is 15.9 Å². The van der Waals surface area contributed by atoms with Crippen LogP contribution in [0, 0.1) is 0 Å². The predicted molar refractivity (Wildman–Crippen MR) is 122 cm³/mol. The minimum Gasteiger partial charge on any atom is -0.382 e. The van der Waals surface area contributed by atoms with Crippen molar-refractivity contribution in [3.8, 4) is 17.1 Å². The summed E-state index contributed by atoms with van der Waals surface area (Å²) in [7, 11) is 0. The van der Waals surface area contributed by atoms with E-state index in [-0.39, 0.29) is 11.5 Å². The van der Waals surface area contributed by atoms with Crippen LogP contribution in [0.3, 0.4) is 0 Å². The van der Waals surface area contributed by atoms with Crippen molar-refractivity contribution >= 4 is 33.3 Å². The average molecular weight is 461 g/mol. The molecule has 0 atom stereocenters. The first-order valence-corrected chi connectivity index (χ1v) is 9.94. The topological polar surface area (TPSA) is 90.0 Å². The molecule has 3 aromatic carbocycles. The fraction of sp³-hybridized carbons (Fsp3) is 0. The number of hydrogen-bond acceptors (Lipinski definition) is 4. The molecule has 4 rings (SSSR count). The zero-order chi connectivity index (χ0) is 21.1. The third-order valence-electron chi connectivity index (χ3n) is 4.50. The van der Waals surface area contributed by atoms with Crippen molar-refractivity contribution in [2.45, 2.75) is 0 Å². The van der Waals surface area contributed by atoms with Gasteiger partial charge in [0.2, 0.25) is 0 Å². The van der Waals surface area contributed by atoms with Crippen molar-refractivity contribution < 1.29 is 4.79 Å². The Balaban J connectivity index is 1.88. The number of para-hydroxylation sites is 1. The van der Waals surface area contributed by atoms with E-state index in [0.717, 1.165) is 4.47 Å². The average Bonchev–Trinajstić information content (AvgIpc) is 2.78. The quantitative estimate of drug-likeness (QED) is 0.469. The number of nitrogens with two attached hydrogens (primary N) is 1. The Morgan fingerprint density at radius 3 is 2.13 bits per heavy atom. The maximum atomic E-state index is 13.4. The maximum Gasteiger partial charge on any atom is 0.284 e. The van der Waals surface area contributed by atoms with Gasteiger partial charge >= 0.3 is 0 Å². The van der Waals surface area contributed by atoms with E-state index in [4.69, 9.17) is 5.73 Å². The highest BCUT2D eigenvalue weighted by molar-refractivity contribution is 9.10. The molecule has 0 aliphatic carbocycles. The predicted octanol–water partition coefficient (Wildman–Crippen LogP) is 4.50. The summed E-state index contributed by atoms with van der Waals surface area (Å²) in [4.78, 5) is 30.5. The van der Waals surface area contributed by atoms with Gasteiger partial charge in [0, 0.05) is 15.6 Å². The molecular weight excluding hydrogens is 444 g/mol. The Morgan fingerprint density at radius 2 is 1.50 bits per heavy atom. The molecule has 7 heteroatoms. The highest BCUT2D eigenvalue weighted by Crippen LogP contribution is 2.25. The van der Waals surface area contributed by atoms with Crippen molar-refractivity contribution in [2.75, 3.05) is 11.1 Å². The fourth-order valence-corrected chi connectivity index (χ4v) is 3.30. The molecule has 3 N–H and O–H groups in total. The number of benzene rings is 3. The van der Waals surface area contributed by atoms with Gasteiger partial charge in [-0.1, -0.05) is 64.5 Å². The van der Waals surface area contributed by atoms with E-state index in [1.54, 1.807) is 36.4 Å². The Morgan fingerprint density at radius 1 is 0.900 bits per heavy atom. The number of carbonyl (C=O) groups excluding carboxylic acids is 1. The number of aromatic nitrogens is 2. The van der Waals surface area contributed by atoms with Gasteiger partial charge in [0.15, 0.2) is 11.5 Å². The molecule has 0 fully saturated rings. The van der Waals surface area contributed by atoms with Crippen LogP contribution in [0.2, 0.25) is 0 Å². The fourth-order valence-electron chi connectivity index (χ4n) is 3.04. The normalized spacial score (nSPS) is 10.6. The molecule has 148 valence electrons. The van der Waals surface area contributed by atoms with Gasteiger partial charge in [-0.3, -0.25) is 14.2 Å². The Kier molecular flexibility index (Phi) is 5.45. The monoisotopic (exact) mass is 460 g/mol. The summed E-state index contributed by atoms with van der Waals surface area (Å²) >= 11 is 3.41. The van der Waals surface area contributed by atoms with Crippen LogP contribution in [0.5, 0.6) is 0 Å². The first-order valence-electron chi connectivity index (χ1n) is 9.15. The number of anilines is 2. The van der Waals surface area contributed by atoms with Crippen molar-refractivity contribution in [2.24, 2.45) is 0 Å². The van der Waals surface area contributed by atoms with Gasteiger partial charge in [-0.05, 0) is 36.4 Å². The molecule has 0 saturated carbocycles. The molecular formula is C23H17BrN4O2. The van der Waals surface area contributed by atoms with E-state index in [1.165, 1.54) is 4.57 Å². The summed E-state index contributed by atoms with van der Waals surface area (Å²) in [5, 5.41) is 2.63. The summed E-state index contributed by atoms with van der Waals surface area (Å²) in [6.45, 7) is 0. The zero-order valence-corrected chi connectivity index (χ0v) is 17.3. The van der Waals surface area contributed by atoms with E-state index in [9.17, 15) is 9.59 Å². The van der Waals surface area contributed by atoms with Crippen molar-refractivity contribution in [3.05, 3.63) is 105 Å². The number of carbonyl (C=O) groups is 1. The minimum absolute atomic E-state index is 0.0469. The highest BCUT2D eigenvalue weighted by Gasteiger charge is 2.19. The largest absolute Gasteiger partial charge is 0.382 e. The number of nitrogens with zero attached hydrogens (tertiary/aromatic N) is 2. The van der Waals surface area contributed by atoms with Crippen LogP contribution in [0.15, 0.2) is 94.2 Å². The molecule has 4 aromatic rings. The summed E-state index contributed by atoms with van der Waals surface area (Å²) in [5.74, 6) is -0.0968. The number of amides is 1. The number of nitrogens with one attached hydrogen (secondary N) is 1. The van der Waals surface area contributed by atoms with Gasteiger partial charge in [-0.15, -0.1) is 0 Å². The maximum absolute atomic E-state index is 13.4. The Bertz CT molecular complexity index is 1250. The number of nitrogen functional groups attached to an aromatic ring is 1.